The molecule has 2 aromatic rings. The summed E-state index contributed by atoms with van der Waals surface area (Å²) in [6.45, 7) is 4.71. The number of benzene rings is 2. The molecular weight excluding hydrogens is 478 g/mol. The number of carbonyl (C=O) groups is 1. The second-order valence-electron chi connectivity index (χ2n) is 7.98. The Morgan fingerprint density at radius 1 is 1.00 bits per heavy atom. The van der Waals surface area contributed by atoms with E-state index in [0.717, 1.165) is 0 Å². The van der Waals surface area contributed by atoms with E-state index in [2.05, 4.69) is 5.32 Å². The number of hydrogen-bond acceptors (Lipinski definition) is 6. The quantitative estimate of drug-likeness (QED) is 0.556. The normalized spacial score (nSPS) is 17.5. The van der Waals surface area contributed by atoms with Crippen molar-refractivity contribution in [1.82, 2.24) is 8.61 Å². The molecule has 0 saturated carbocycles. The van der Waals surface area contributed by atoms with Crippen LogP contribution in [0.1, 0.15) is 26.7 Å². The molecule has 1 aliphatic rings. The number of anilines is 1. The fourth-order valence-electron chi connectivity index (χ4n) is 3.94. The Kier molecular flexibility index (Phi) is 8.34. The first-order valence-electron chi connectivity index (χ1n) is 11.2. The summed E-state index contributed by atoms with van der Waals surface area (Å²) in [6.07, 6.45) is 1.13. The van der Waals surface area contributed by atoms with E-state index < -0.39 is 26.0 Å². The fraction of sp³-hybridized carbons (Fsp3) is 0.435. The summed E-state index contributed by atoms with van der Waals surface area (Å²) in [5.74, 6) is -0.249. The number of ether oxygens (including phenoxy) is 1. The zero-order valence-corrected chi connectivity index (χ0v) is 21.2. The summed E-state index contributed by atoms with van der Waals surface area (Å²) in [5, 5.41) is 2.79. The van der Waals surface area contributed by atoms with Crippen LogP contribution < -0.4 is 10.1 Å². The zero-order chi connectivity index (χ0) is 24.9. The van der Waals surface area contributed by atoms with E-state index in [0.29, 0.717) is 43.9 Å². The highest BCUT2D eigenvalue weighted by atomic mass is 32.2. The van der Waals surface area contributed by atoms with Crippen LogP contribution in [0.3, 0.4) is 0 Å². The van der Waals surface area contributed by atoms with Gasteiger partial charge in [-0.05, 0) is 61.4 Å². The standard InChI is InChI=1S/C23H31N3O6S2/c1-4-25(5-2)33(28,29)21-12-8-19(9-13-21)24-23(27)18-7-6-16-26(17-18)34(30,31)22-14-10-20(32-3)11-15-22/h8-15,18H,4-7,16-17H2,1-3H3,(H,24,27). The Morgan fingerprint density at radius 3 is 2.15 bits per heavy atom. The molecule has 0 spiro atoms. The molecule has 2 aromatic carbocycles. The van der Waals surface area contributed by atoms with Crippen molar-refractivity contribution in [2.75, 3.05) is 38.6 Å². The van der Waals surface area contributed by atoms with Crippen molar-refractivity contribution in [2.24, 2.45) is 5.92 Å². The third-order valence-electron chi connectivity index (χ3n) is 5.92. The SMILES string of the molecule is CCN(CC)S(=O)(=O)c1ccc(NC(=O)C2CCCN(S(=O)(=O)c3ccc(OC)cc3)C2)cc1. The Balaban J connectivity index is 1.68. The molecule has 0 aliphatic carbocycles. The number of amides is 1. The predicted octanol–water partition coefficient (Wildman–Crippen LogP) is 2.77. The lowest BCUT2D eigenvalue weighted by molar-refractivity contribution is -0.120. The van der Waals surface area contributed by atoms with Crippen molar-refractivity contribution in [3.8, 4) is 5.75 Å². The van der Waals surface area contributed by atoms with Crippen LogP contribution in [-0.4, -0.2) is 64.6 Å². The molecule has 1 unspecified atom stereocenters. The van der Waals surface area contributed by atoms with Crippen molar-refractivity contribution < 1.29 is 26.4 Å². The highest BCUT2D eigenvalue weighted by molar-refractivity contribution is 7.89. The Hall–Kier alpha value is -2.47. The molecule has 9 nitrogen and oxygen atoms in total. The lowest BCUT2D eigenvalue weighted by atomic mass is 9.99. The second-order valence-corrected chi connectivity index (χ2v) is 11.9. The highest BCUT2D eigenvalue weighted by Gasteiger charge is 2.33. The molecule has 1 amide bonds. The molecular formula is C23H31N3O6S2. The number of hydrogen-bond donors (Lipinski definition) is 1. The van der Waals surface area contributed by atoms with Gasteiger partial charge in [0.25, 0.3) is 0 Å². The lowest BCUT2D eigenvalue weighted by Gasteiger charge is -2.31. The molecule has 0 bridgehead atoms. The summed E-state index contributed by atoms with van der Waals surface area (Å²) in [4.78, 5) is 13.2. The van der Waals surface area contributed by atoms with E-state index in [4.69, 9.17) is 4.74 Å². The summed E-state index contributed by atoms with van der Waals surface area (Å²) in [7, 11) is -5.81. The number of nitrogens with one attached hydrogen (secondary N) is 1. The van der Waals surface area contributed by atoms with Crippen LogP contribution in [-0.2, 0) is 24.8 Å². The van der Waals surface area contributed by atoms with Crippen molar-refractivity contribution in [3.63, 3.8) is 0 Å². The second kappa shape index (κ2) is 10.9. The summed E-state index contributed by atoms with van der Waals surface area (Å²) in [5.41, 5.74) is 0.457. The van der Waals surface area contributed by atoms with Crippen LogP contribution in [0.25, 0.3) is 0 Å². The molecule has 186 valence electrons. The predicted molar refractivity (Wildman–Crippen MR) is 130 cm³/mol. The van der Waals surface area contributed by atoms with Gasteiger partial charge in [-0.1, -0.05) is 13.8 Å². The lowest BCUT2D eigenvalue weighted by Crippen LogP contribution is -2.43. The fourth-order valence-corrected chi connectivity index (χ4v) is 6.92. The van der Waals surface area contributed by atoms with E-state index in [1.54, 1.807) is 38.1 Å². The average molecular weight is 510 g/mol. The largest absolute Gasteiger partial charge is 0.497 e. The highest BCUT2D eigenvalue weighted by Crippen LogP contribution is 2.26. The molecule has 0 radical (unpaired) electrons. The minimum atomic E-state index is -3.74. The van der Waals surface area contributed by atoms with Crippen molar-refractivity contribution in [3.05, 3.63) is 48.5 Å². The average Bonchev–Trinajstić information content (AvgIpc) is 2.85. The summed E-state index contributed by atoms with van der Waals surface area (Å²) in [6, 6.07) is 12.2. The van der Waals surface area contributed by atoms with Gasteiger partial charge in [-0.3, -0.25) is 4.79 Å². The van der Waals surface area contributed by atoms with E-state index in [-0.39, 0.29) is 22.2 Å². The number of rotatable bonds is 9. The minimum absolute atomic E-state index is 0.0780. The van der Waals surface area contributed by atoms with Gasteiger partial charge in [0.1, 0.15) is 5.75 Å². The molecule has 1 N–H and O–H groups in total. The van der Waals surface area contributed by atoms with Gasteiger partial charge in [0, 0.05) is 31.9 Å². The van der Waals surface area contributed by atoms with Crippen molar-refractivity contribution >= 4 is 31.6 Å². The maximum absolute atomic E-state index is 13.0. The van der Waals surface area contributed by atoms with Crippen LogP contribution in [0.5, 0.6) is 5.75 Å². The third kappa shape index (κ3) is 5.60. The van der Waals surface area contributed by atoms with E-state index >= 15 is 0 Å². The first kappa shape index (κ1) is 26.1. The molecule has 1 heterocycles. The van der Waals surface area contributed by atoms with Gasteiger partial charge in [0.2, 0.25) is 26.0 Å². The Morgan fingerprint density at radius 2 is 1.59 bits per heavy atom. The Labute approximate surface area is 201 Å². The molecule has 1 atom stereocenters. The van der Waals surface area contributed by atoms with E-state index in [1.165, 1.54) is 40.0 Å². The molecule has 34 heavy (non-hydrogen) atoms. The van der Waals surface area contributed by atoms with Crippen LogP contribution in [0.2, 0.25) is 0 Å². The molecule has 3 rings (SSSR count). The summed E-state index contributed by atoms with van der Waals surface area (Å²) < 4.78 is 59.1. The molecule has 1 saturated heterocycles. The maximum atomic E-state index is 13.0. The molecule has 11 heteroatoms. The Bertz CT molecular complexity index is 1190. The third-order valence-corrected chi connectivity index (χ3v) is 9.86. The molecule has 1 aliphatic heterocycles. The first-order valence-corrected chi connectivity index (χ1v) is 14.1. The van der Waals surface area contributed by atoms with Crippen LogP contribution in [0.4, 0.5) is 5.69 Å². The van der Waals surface area contributed by atoms with E-state index in [1.807, 2.05) is 0 Å². The topological polar surface area (TPSA) is 113 Å². The molecule has 0 aromatic heterocycles. The zero-order valence-electron chi connectivity index (χ0n) is 19.6. The number of carbonyl (C=O) groups excluding carboxylic acids is 1. The van der Waals surface area contributed by atoms with Crippen molar-refractivity contribution in [2.45, 2.75) is 36.5 Å². The van der Waals surface area contributed by atoms with Gasteiger partial charge < -0.3 is 10.1 Å². The van der Waals surface area contributed by atoms with Gasteiger partial charge in [-0.25, -0.2) is 16.8 Å². The summed E-state index contributed by atoms with van der Waals surface area (Å²) >= 11 is 0. The van der Waals surface area contributed by atoms with Crippen molar-refractivity contribution in [1.29, 1.82) is 0 Å². The molecule has 1 fully saturated rings. The van der Waals surface area contributed by atoms with Gasteiger partial charge in [-0.15, -0.1) is 0 Å². The van der Waals surface area contributed by atoms with Gasteiger partial charge >= 0.3 is 0 Å². The van der Waals surface area contributed by atoms with Crippen LogP contribution >= 0.6 is 0 Å². The van der Waals surface area contributed by atoms with Gasteiger partial charge in [0.15, 0.2) is 0 Å². The van der Waals surface area contributed by atoms with Crippen LogP contribution in [0.15, 0.2) is 58.3 Å². The number of methoxy groups -OCH3 is 1. The number of nitrogens with zero attached hydrogens (tertiary/aromatic N) is 2. The minimum Gasteiger partial charge on any atom is -0.497 e. The monoisotopic (exact) mass is 509 g/mol. The maximum Gasteiger partial charge on any atom is 0.243 e. The first-order chi connectivity index (χ1) is 16.1. The van der Waals surface area contributed by atoms with E-state index in [9.17, 15) is 21.6 Å². The smallest absolute Gasteiger partial charge is 0.243 e. The van der Waals surface area contributed by atoms with Gasteiger partial charge in [-0.2, -0.15) is 8.61 Å². The van der Waals surface area contributed by atoms with Crippen LogP contribution in [0, 0.1) is 5.92 Å². The number of piperidine rings is 1. The number of sulfonamides is 2. The van der Waals surface area contributed by atoms with Gasteiger partial charge in [0.05, 0.1) is 22.8 Å².